The molecule has 2 aromatic carbocycles. The number of carbonyl (C=O) groups excluding carboxylic acids is 1. The van der Waals surface area contributed by atoms with Crippen LogP contribution in [0.2, 0.25) is 5.02 Å². The first-order chi connectivity index (χ1) is 12.1. The third-order valence-corrected chi connectivity index (χ3v) is 5.05. The predicted octanol–water partition coefficient (Wildman–Crippen LogP) is 4.27. The van der Waals surface area contributed by atoms with Gasteiger partial charge >= 0.3 is 0 Å². The Morgan fingerprint density at radius 1 is 1.20 bits per heavy atom. The maximum Gasteiger partial charge on any atom is 0.264 e. The fourth-order valence-electron chi connectivity index (χ4n) is 2.40. The highest BCUT2D eigenvalue weighted by Crippen LogP contribution is 2.35. The molecule has 2 aromatic rings. The van der Waals surface area contributed by atoms with Gasteiger partial charge in [0.05, 0.1) is 10.6 Å². The number of ether oxygens (including phenoxy) is 2. The molecule has 5 nitrogen and oxygen atoms in total. The van der Waals surface area contributed by atoms with Crippen LogP contribution in [0.4, 0.5) is 5.69 Å². The first kappa shape index (κ1) is 16.1. The SMILES string of the molecule is Cc1ccc(N=C2NC(=O)/C(=C/c3ccc4c(c3)OCO4)S2)cc1Cl. The summed E-state index contributed by atoms with van der Waals surface area (Å²) in [6.45, 7) is 2.15. The van der Waals surface area contributed by atoms with E-state index < -0.39 is 0 Å². The Hall–Kier alpha value is -2.44. The zero-order valence-electron chi connectivity index (χ0n) is 13.2. The second-order valence-corrected chi connectivity index (χ2v) is 6.97. The van der Waals surface area contributed by atoms with Crippen molar-refractivity contribution in [3.8, 4) is 11.5 Å². The number of nitrogens with one attached hydrogen (secondary N) is 1. The number of hydrogen-bond donors (Lipinski definition) is 1. The number of halogens is 1. The van der Waals surface area contributed by atoms with Crippen LogP contribution in [-0.4, -0.2) is 17.9 Å². The van der Waals surface area contributed by atoms with E-state index in [-0.39, 0.29) is 12.7 Å². The predicted molar refractivity (Wildman–Crippen MR) is 99.6 cm³/mol. The van der Waals surface area contributed by atoms with E-state index in [4.69, 9.17) is 21.1 Å². The van der Waals surface area contributed by atoms with Gasteiger partial charge in [0.15, 0.2) is 16.7 Å². The Labute approximate surface area is 153 Å². The van der Waals surface area contributed by atoms with Crippen molar-refractivity contribution in [1.82, 2.24) is 5.32 Å². The standard InChI is InChI=1S/C18H13ClN2O3S/c1-10-2-4-12(8-13(10)19)20-18-21-17(22)16(25-18)7-11-3-5-14-15(6-11)24-9-23-14/h2-8H,9H2,1H3,(H,20,21,22)/b16-7-. The molecule has 1 fully saturated rings. The molecule has 126 valence electrons. The zero-order chi connectivity index (χ0) is 17.4. The number of benzene rings is 2. The fourth-order valence-corrected chi connectivity index (χ4v) is 3.42. The number of thioether (sulfide) groups is 1. The lowest BCUT2D eigenvalue weighted by Crippen LogP contribution is -2.19. The lowest BCUT2D eigenvalue weighted by Gasteiger charge is -2.00. The molecule has 2 aliphatic rings. The van der Waals surface area contributed by atoms with Gasteiger partial charge in [-0.3, -0.25) is 4.79 Å². The molecule has 0 aromatic heterocycles. The second-order valence-electron chi connectivity index (χ2n) is 5.53. The Balaban J connectivity index is 1.57. The fraction of sp³-hybridized carbons (Fsp3) is 0.111. The van der Waals surface area contributed by atoms with Gasteiger partial charge in [-0.05, 0) is 60.2 Å². The van der Waals surface area contributed by atoms with Crippen LogP contribution in [0.25, 0.3) is 6.08 Å². The van der Waals surface area contributed by atoms with Crippen molar-refractivity contribution in [3.05, 3.63) is 57.5 Å². The smallest absolute Gasteiger partial charge is 0.264 e. The number of aliphatic imine (C=N–C) groups is 1. The largest absolute Gasteiger partial charge is 0.454 e. The highest BCUT2D eigenvalue weighted by atomic mass is 35.5. The first-order valence-corrected chi connectivity index (χ1v) is 8.73. The van der Waals surface area contributed by atoms with Gasteiger partial charge in [0.1, 0.15) is 0 Å². The normalized spacial score (nSPS) is 18.9. The quantitative estimate of drug-likeness (QED) is 0.800. The number of amides is 1. The van der Waals surface area contributed by atoms with Crippen LogP contribution >= 0.6 is 23.4 Å². The molecule has 25 heavy (non-hydrogen) atoms. The second kappa shape index (κ2) is 6.46. The Morgan fingerprint density at radius 2 is 2.04 bits per heavy atom. The van der Waals surface area contributed by atoms with Gasteiger partial charge in [-0.25, -0.2) is 4.99 Å². The van der Waals surface area contributed by atoms with Crippen molar-refractivity contribution in [3.63, 3.8) is 0 Å². The van der Waals surface area contributed by atoms with E-state index in [9.17, 15) is 4.79 Å². The molecular weight excluding hydrogens is 360 g/mol. The highest BCUT2D eigenvalue weighted by Gasteiger charge is 2.24. The van der Waals surface area contributed by atoms with Crippen LogP contribution in [0.15, 0.2) is 46.3 Å². The number of fused-ring (bicyclic) bond motifs is 1. The topological polar surface area (TPSA) is 59.9 Å². The van der Waals surface area contributed by atoms with Crippen molar-refractivity contribution in [2.45, 2.75) is 6.92 Å². The van der Waals surface area contributed by atoms with Crippen LogP contribution in [0.5, 0.6) is 11.5 Å². The minimum Gasteiger partial charge on any atom is -0.454 e. The molecule has 2 heterocycles. The molecule has 0 saturated carbocycles. The van der Waals surface area contributed by atoms with Crippen molar-refractivity contribution >= 4 is 46.2 Å². The summed E-state index contributed by atoms with van der Waals surface area (Å²) in [5.74, 6) is 1.21. The first-order valence-electron chi connectivity index (χ1n) is 7.54. The molecule has 0 aliphatic carbocycles. The molecule has 2 aliphatic heterocycles. The molecule has 7 heteroatoms. The summed E-state index contributed by atoms with van der Waals surface area (Å²) in [6, 6.07) is 11.1. The molecule has 4 rings (SSSR count). The van der Waals surface area contributed by atoms with Crippen LogP contribution in [0.1, 0.15) is 11.1 Å². The summed E-state index contributed by atoms with van der Waals surface area (Å²) < 4.78 is 10.6. The van der Waals surface area contributed by atoms with Crippen molar-refractivity contribution in [2.75, 3.05) is 6.79 Å². The summed E-state index contributed by atoms with van der Waals surface area (Å²) >= 11 is 7.40. The summed E-state index contributed by atoms with van der Waals surface area (Å²) in [7, 11) is 0. The summed E-state index contributed by atoms with van der Waals surface area (Å²) in [5, 5.41) is 3.94. The molecule has 0 unspecified atom stereocenters. The van der Waals surface area contributed by atoms with E-state index in [0.29, 0.717) is 32.3 Å². The average Bonchev–Trinajstić information content (AvgIpc) is 3.17. The number of carbonyl (C=O) groups is 1. The third kappa shape index (κ3) is 3.36. The molecule has 1 saturated heterocycles. The number of aryl methyl sites for hydroxylation is 1. The summed E-state index contributed by atoms with van der Waals surface area (Å²) in [6.07, 6.45) is 1.80. The Bertz CT molecular complexity index is 940. The van der Waals surface area contributed by atoms with Gasteiger partial charge in [-0.1, -0.05) is 23.7 Å². The van der Waals surface area contributed by atoms with E-state index in [1.165, 1.54) is 11.8 Å². The van der Waals surface area contributed by atoms with Gasteiger partial charge in [0.25, 0.3) is 5.91 Å². The van der Waals surface area contributed by atoms with Gasteiger partial charge in [-0.2, -0.15) is 0 Å². The van der Waals surface area contributed by atoms with Crippen LogP contribution in [0, 0.1) is 6.92 Å². The molecule has 1 amide bonds. The molecule has 0 bridgehead atoms. The molecule has 0 radical (unpaired) electrons. The lowest BCUT2D eigenvalue weighted by atomic mass is 10.2. The van der Waals surface area contributed by atoms with Gasteiger partial charge < -0.3 is 14.8 Å². The number of nitrogens with zero attached hydrogens (tertiary/aromatic N) is 1. The van der Waals surface area contributed by atoms with Crippen molar-refractivity contribution < 1.29 is 14.3 Å². The van der Waals surface area contributed by atoms with Crippen molar-refractivity contribution in [1.29, 1.82) is 0 Å². The van der Waals surface area contributed by atoms with Gasteiger partial charge in [0, 0.05) is 5.02 Å². The van der Waals surface area contributed by atoms with Crippen molar-refractivity contribution in [2.24, 2.45) is 4.99 Å². The van der Waals surface area contributed by atoms with Crippen LogP contribution < -0.4 is 14.8 Å². The molecule has 1 N–H and O–H groups in total. The van der Waals surface area contributed by atoms with E-state index in [2.05, 4.69) is 10.3 Å². The maximum absolute atomic E-state index is 12.2. The van der Waals surface area contributed by atoms with Gasteiger partial charge in [0.2, 0.25) is 6.79 Å². The zero-order valence-corrected chi connectivity index (χ0v) is 14.8. The lowest BCUT2D eigenvalue weighted by molar-refractivity contribution is -0.115. The van der Waals surface area contributed by atoms with Crippen LogP contribution in [-0.2, 0) is 4.79 Å². The summed E-state index contributed by atoms with van der Waals surface area (Å²) in [4.78, 5) is 17.2. The molecular formula is C18H13ClN2O3S. The van der Waals surface area contributed by atoms with E-state index in [0.717, 1.165) is 11.1 Å². The van der Waals surface area contributed by atoms with E-state index in [1.807, 2.05) is 37.3 Å². The van der Waals surface area contributed by atoms with Crippen LogP contribution in [0.3, 0.4) is 0 Å². The molecule has 0 atom stereocenters. The summed E-state index contributed by atoms with van der Waals surface area (Å²) in [5.41, 5.74) is 2.54. The number of hydrogen-bond acceptors (Lipinski definition) is 5. The number of rotatable bonds is 2. The van der Waals surface area contributed by atoms with E-state index >= 15 is 0 Å². The Kier molecular flexibility index (Phi) is 4.15. The average molecular weight is 373 g/mol. The van der Waals surface area contributed by atoms with E-state index in [1.54, 1.807) is 12.1 Å². The monoisotopic (exact) mass is 372 g/mol. The third-order valence-electron chi connectivity index (χ3n) is 3.73. The Morgan fingerprint density at radius 3 is 2.88 bits per heavy atom. The van der Waals surface area contributed by atoms with Gasteiger partial charge in [-0.15, -0.1) is 0 Å². The minimum absolute atomic E-state index is 0.181. The highest BCUT2D eigenvalue weighted by molar-refractivity contribution is 8.18. The molecule has 0 spiro atoms. The number of amidine groups is 1. The maximum atomic E-state index is 12.2. The minimum atomic E-state index is -0.181.